The Balaban J connectivity index is 1.85. The van der Waals surface area contributed by atoms with E-state index in [9.17, 15) is 4.79 Å². The van der Waals surface area contributed by atoms with Crippen molar-refractivity contribution in [2.24, 2.45) is 4.99 Å². The first-order valence-electron chi connectivity index (χ1n) is 9.42. The van der Waals surface area contributed by atoms with Crippen molar-refractivity contribution in [2.75, 3.05) is 46.7 Å². The second-order valence-electron chi connectivity index (χ2n) is 7.07. The number of hydrogen-bond donors (Lipinski definition) is 2. The van der Waals surface area contributed by atoms with Gasteiger partial charge in [0.05, 0.1) is 0 Å². The molecular formula is C22H31N5O. The average Bonchev–Trinajstić information content (AvgIpc) is 2.70. The van der Waals surface area contributed by atoms with Crippen LogP contribution in [0.2, 0.25) is 0 Å². The molecular weight excluding hydrogens is 350 g/mol. The fourth-order valence-electron chi connectivity index (χ4n) is 2.79. The summed E-state index contributed by atoms with van der Waals surface area (Å²) in [5.74, 6) is 0.781. The standard InChI is InChI=1S/C22H31N5O/c1-23-22(25-16-18-9-7-11-20(15-18)26(2)3)24-13-12-17-8-6-10-19(14-17)21(28)27(4)5/h6-11,14-15H,12-13,16H2,1-5H3,(H2,23,24,25). The monoisotopic (exact) mass is 381 g/mol. The van der Waals surface area contributed by atoms with E-state index >= 15 is 0 Å². The molecule has 0 saturated heterocycles. The Hall–Kier alpha value is -3.02. The first-order chi connectivity index (χ1) is 13.4. The fourth-order valence-corrected chi connectivity index (χ4v) is 2.79. The molecule has 0 aliphatic heterocycles. The number of aliphatic imine (C=N–C) groups is 1. The highest BCUT2D eigenvalue weighted by atomic mass is 16.2. The maximum Gasteiger partial charge on any atom is 0.253 e. The highest BCUT2D eigenvalue weighted by Crippen LogP contribution is 2.13. The Bertz CT molecular complexity index is 814. The summed E-state index contributed by atoms with van der Waals surface area (Å²) in [4.78, 5) is 20.1. The average molecular weight is 382 g/mol. The SMILES string of the molecule is CN=C(NCCc1cccc(C(=O)N(C)C)c1)NCc1cccc(N(C)C)c1. The molecule has 6 heteroatoms. The topological polar surface area (TPSA) is 60.0 Å². The Morgan fingerprint density at radius 3 is 2.36 bits per heavy atom. The molecule has 1 amide bonds. The van der Waals surface area contributed by atoms with Crippen molar-refractivity contribution >= 4 is 17.6 Å². The third kappa shape index (κ3) is 6.30. The lowest BCUT2D eigenvalue weighted by atomic mass is 10.1. The van der Waals surface area contributed by atoms with Gasteiger partial charge >= 0.3 is 0 Å². The first kappa shape index (κ1) is 21.3. The van der Waals surface area contributed by atoms with Gasteiger partial charge in [0.25, 0.3) is 5.91 Å². The highest BCUT2D eigenvalue weighted by Gasteiger charge is 2.08. The van der Waals surface area contributed by atoms with Crippen LogP contribution < -0.4 is 15.5 Å². The van der Waals surface area contributed by atoms with Crippen molar-refractivity contribution in [3.8, 4) is 0 Å². The van der Waals surface area contributed by atoms with Crippen LogP contribution in [-0.4, -0.2) is 58.5 Å². The molecule has 0 aliphatic rings. The van der Waals surface area contributed by atoms with E-state index in [0.29, 0.717) is 12.1 Å². The number of rotatable bonds is 7. The molecule has 0 aromatic heterocycles. The van der Waals surface area contributed by atoms with Crippen LogP contribution in [0.5, 0.6) is 0 Å². The van der Waals surface area contributed by atoms with Gasteiger partial charge in [-0.2, -0.15) is 0 Å². The molecule has 2 N–H and O–H groups in total. The van der Waals surface area contributed by atoms with E-state index in [1.807, 2.05) is 38.4 Å². The summed E-state index contributed by atoms with van der Waals surface area (Å²) in [5, 5.41) is 6.67. The highest BCUT2D eigenvalue weighted by molar-refractivity contribution is 5.94. The van der Waals surface area contributed by atoms with E-state index in [1.165, 1.54) is 11.3 Å². The zero-order valence-electron chi connectivity index (χ0n) is 17.5. The maximum absolute atomic E-state index is 12.1. The van der Waals surface area contributed by atoms with Gasteiger partial charge in [-0.05, 0) is 41.8 Å². The lowest BCUT2D eigenvalue weighted by Gasteiger charge is -2.15. The molecule has 6 nitrogen and oxygen atoms in total. The molecule has 0 atom stereocenters. The Kier molecular flexibility index (Phi) is 7.87. The summed E-state index contributed by atoms with van der Waals surface area (Å²) >= 11 is 0. The number of benzene rings is 2. The Labute approximate surface area is 168 Å². The van der Waals surface area contributed by atoms with Crippen molar-refractivity contribution in [1.29, 1.82) is 0 Å². The van der Waals surface area contributed by atoms with Crippen molar-refractivity contribution in [3.05, 3.63) is 65.2 Å². The lowest BCUT2D eigenvalue weighted by molar-refractivity contribution is 0.0827. The van der Waals surface area contributed by atoms with E-state index in [1.54, 1.807) is 26.0 Å². The largest absolute Gasteiger partial charge is 0.378 e. The van der Waals surface area contributed by atoms with Crippen LogP contribution in [0.1, 0.15) is 21.5 Å². The number of carbonyl (C=O) groups is 1. The van der Waals surface area contributed by atoms with Gasteiger partial charge < -0.3 is 20.4 Å². The molecule has 0 radical (unpaired) electrons. The first-order valence-corrected chi connectivity index (χ1v) is 9.42. The van der Waals surface area contributed by atoms with Gasteiger partial charge in [0, 0.05) is 59.6 Å². The van der Waals surface area contributed by atoms with E-state index in [4.69, 9.17) is 0 Å². The zero-order chi connectivity index (χ0) is 20.5. The molecule has 0 aliphatic carbocycles. The zero-order valence-corrected chi connectivity index (χ0v) is 17.5. The molecule has 0 unspecified atom stereocenters. The molecule has 0 bridgehead atoms. The van der Waals surface area contributed by atoms with Gasteiger partial charge in [-0.1, -0.05) is 24.3 Å². The fraction of sp³-hybridized carbons (Fsp3) is 0.364. The summed E-state index contributed by atoms with van der Waals surface area (Å²) in [6, 6.07) is 16.2. The molecule has 0 saturated carbocycles. The predicted octanol–water partition coefficient (Wildman–Crippen LogP) is 2.36. The second-order valence-corrected chi connectivity index (χ2v) is 7.07. The number of guanidine groups is 1. The minimum Gasteiger partial charge on any atom is -0.378 e. The van der Waals surface area contributed by atoms with Crippen molar-refractivity contribution < 1.29 is 4.79 Å². The predicted molar refractivity (Wildman–Crippen MR) is 117 cm³/mol. The van der Waals surface area contributed by atoms with Crippen molar-refractivity contribution in [3.63, 3.8) is 0 Å². The van der Waals surface area contributed by atoms with Gasteiger partial charge in [0.1, 0.15) is 0 Å². The van der Waals surface area contributed by atoms with Gasteiger partial charge in [-0.25, -0.2) is 0 Å². The number of nitrogens with one attached hydrogen (secondary N) is 2. The molecule has 2 rings (SSSR count). The van der Waals surface area contributed by atoms with Gasteiger partial charge in [-0.3, -0.25) is 9.79 Å². The number of hydrogen-bond acceptors (Lipinski definition) is 3. The van der Waals surface area contributed by atoms with Crippen LogP contribution in [0.3, 0.4) is 0 Å². The maximum atomic E-state index is 12.1. The quantitative estimate of drug-likeness (QED) is 0.571. The smallest absolute Gasteiger partial charge is 0.253 e. The van der Waals surface area contributed by atoms with Gasteiger partial charge in [-0.15, -0.1) is 0 Å². The van der Waals surface area contributed by atoms with E-state index in [2.05, 4.69) is 44.8 Å². The molecule has 2 aromatic carbocycles. The van der Waals surface area contributed by atoms with Crippen LogP contribution in [0.25, 0.3) is 0 Å². The van der Waals surface area contributed by atoms with E-state index < -0.39 is 0 Å². The number of carbonyl (C=O) groups excluding carboxylic acids is 1. The molecule has 0 fully saturated rings. The Morgan fingerprint density at radius 2 is 1.68 bits per heavy atom. The van der Waals surface area contributed by atoms with Crippen LogP contribution in [-0.2, 0) is 13.0 Å². The van der Waals surface area contributed by atoms with Crippen LogP contribution in [0, 0.1) is 0 Å². The third-order valence-electron chi connectivity index (χ3n) is 4.40. The molecule has 150 valence electrons. The third-order valence-corrected chi connectivity index (χ3v) is 4.40. The number of anilines is 1. The normalized spacial score (nSPS) is 11.1. The summed E-state index contributed by atoms with van der Waals surface area (Å²) in [5.41, 5.74) is 4.21. The summed E-state index contributed by atoms with van der Waals surface area (Å²) in [7, 11) is 9.37. The molecule has 0 spiro atoms. The summed E-state index contributed by atoms with van der Waals surface area (Å²) in [6.07, 6.45) is 0.811. The second kappa shape index (κ2) is 10.3. The summed E-state index contributed by atoms with van der Waals surface area (Å²) in [6.45, 7) is 1.44. The summed E-state index contributed by atoms with van der Waals surface area (Å²) < 4.78 is 0. The van der Waals surface area contributed by atoms with Crippen LogP contribution in [0.4, 0.5) is 5.69 Å². The minimum absolute atomic E-state index is 0.0206. The van der Waals surface area contributed by atoms with Crippen molar-refractivity contribution in [2.45, 2.75) is 13.0 Å². The van der Waals surface area contributed by atoms with Gasteiger partial charge in [0.15, 0.2) is 5.96 Å². The molecule has 0 heterocycles. The minimum atomic E-state index is 0.0206. The van der Waals surface area contributed by atoms with Crippen LogP contribution in [0.15, 0.2) is 53.5 Å². The molecule has 2 aromatic rings. The van der Waals surface area contributed by atoms with E-state index in [-0.39, 0.29) is 5.91 Å². The van der Waals surface area contributed by atoms with Crippen LogP contribution >= 0.6 is 0 Å². The number of amides is 1. The number of nitrogens with zero attached hydrogens (tertiary/aromatic N) is 3. The molecule has 28 heavy (non-hydrogen) atoms. The van der Waals surface area contributed by atoms with Gasteiger partial charge in [0.2, 0.25) is 0 Å². The van der Waals surface area contributed by atoms with Crippen molar-refractivity contribution in [1.82, 2.24) is 15.5 Å². The lowest BCUT2D eigenvalue weighted by Crippen LogP contribution is -2.37. The van der Waals surface area contributed by atoms with E-state index in [0.717, 1.165) is 24.5 Å². The Morgan fingerprint density at radius 1 is 0.964 bits per heavy atom.